The highest BCUT2D eigenvalue weighted by Gasteiger charge is 2.31. The van der Waals surface area contributed by atoms with Gasteiger partial charge in [-0.25, -0.2) is 9.59 Å². The van der Waals surface area contributed by atoms with Gasteiger partial charge >= 0.3 is 12.0 Å². The molecule has 0 aliphatic heterocycles. The molecule has 2 amide bonds. The summed E-state index contributed by atoms with van der Waals surface area (Å²) >= 11 is 0. The van der Waals surface area contributed by atoms with Crippen LogP contribution in [0.25, 0.3) is 0 Å². The van der Waals surface area contributed by atoms with Gasteiger partial charge in [-0.15, -0.1) is 0 Å². The number of hydrogen-bond donors (Lipinski definition) is 0. The van der Waals surface area contributed by atoms with Crippen molar-refractivity contribution < 1.29 is 14.3 Å². The van der Waals surface area contributed by atoms with Gasteiger partial charge < -0.3 is 14.5 Å². The Kier molecular flexibility index (Phi) is 5.11. The maximum Gasteiger partial charge on any atom is 0.328 e. The molecule has 0 aromatic heterocycles. The van der Waals surface area contributed by atoms with E-state index in [1.54, 1.807) is 21.1 Å². The minimum atomic E-state index is -0.537. The first-order valence-electron chi connectivity index (χ1n) is 4.84. The average Bonchev–Trinajstić information content (AvgIpc) is 2.15. The van der Waals surface area contributed by atoms with Crippen LogP contribution in [0.1, 0.15) is 13.8 Å². The van der Waals surface area contributed by atoms with Gasteiger partial charge in [0.2, 0.25) is 0 Å². The largest absolute Gasteiger partial charge is 0.467 e. The number of amides is 2. The standard InChI is InChI=1S/C10H20N2O3/c1-7(2)8(9(13)15-6)12(5)10(14)11(3)4/h7-8H,1-6H3/t8-/m0/s1. The molecule has 0 spiro atoms. The minimum Gasteiger partial charge on any atom is -0.467 e. The molecule has 0 heterocycles. The predicted octanol–water partition coefficient (Wildman–Crippen LogP) is 0.797. The van der Waals surface area contributed by atoms with Crippen LogP contribution in [-0.4, -0.2) is 56.1 Å². The molecule has 0 bridgehead atoms. The van der Waals surface area contributed by atoms with Gasteiger partial charge in [0, 0.05) is 21.1 Å². The highest BCUT2D eigenvalue weighted by Crippen LogP contribution is 2.12. The number of urea groups is 1. The lowest BCUT2D eigenvalue weighted by Gasteiger charge is -2.30. The topological polar surface area (TPSA) is 49.9 Å². The van der Waals surface area contributed by atoms with E-state index in [9.17, 15) is 9.59 Å². The number of esters is 1. The molecule has 5 nitrogen and oxygen atoms in total. The Labute approximate surface area is 91.0 Å². The van der Waals surface area contributed by atoms with Gasteiger partial charge in [0.15, 0.2) is 0 Å². The number of carbonyl (C=O) groups is 2. The van der Waals surface area contributed by atoms with Crippen molar-refractivity contribution in [1.29, 1.82) is 0 Å². The molecule has 88 valence electrons. The molecule has 0 N–H and O–H groups in total. The third kappa shape index (κ3) is 3.42. The van der Waals surface area contributed by atoms with Crippen LogP contribution in [-0.2, 0) is 9.53 Å². The average molecular weight is 216 g/mol. The fourth-order valence-corrected chi connectivity index (χ4v) is 1.43. The van der Waals surface area contributed by atoms with E-state index in [1.807, 2.05) is 13.8 Å². The smallest absolute Gasteiger partial charge is 0.328 e. The van der Waals surface area contributed by atoms with E-state index in [0.717, 1.165) is 0 Å². The third-order valence-corrected chi connectivity index (χ3v) is 2.18. The summed E-state index contributed by atoms with van der Waals surface area (Å²) in [5.41, 5.74) is 0. The molecule has 0 fully saturated rings. The maximum atomic E-state index is 11.7. The molecule has 0 aliphatic rings. The second-order valence-electron chi connectivity index (χ2n) is 4.00. The molecule has 0 aromatic carbocycles. The van der Waals surface area contributed by atoms with Crippen molar-refractivity contribution in [3.05, 3.63) is 0 Å². The summed E-state index contributed by atoms with van der Waals surface area (Å²) < 4.78 is 4.67. The van der Waals surface area contributed by atoms with Crippen LogP contribution < -0.4 is 0 Å². The lowest BCUT2D eigenvalue weighted by Crippen LogP contribution is -2.49. The lowest BCUT2D eigenvalue weighted by molar-refractivity contribution is -0.147. The Hall–Kier alpha value is -1.26. The van der Waals surface area contributed by atoms with Crippen LogP contribution in [0.2, 0.25) is 0 Å². The predicted molar refractivity (Wildman–Crippen MR) is 57.5 cm³/mol. The van der Waals surface area contributed by atoms with Gasteiger partial charge in [0.05, 0.1) is 7.11 Å². The van der Waals surface area contributed by atoms with Crippen molar-refractivity contribution >= 4 is 12.0 Å². The second-order valence-corrected chi connectivity index (χ2v) is 4.00. The molecule has 15 heavy (non-hydrogen) atoms. The van der Waals surface area contributed by atoms with E-state index < -0.39 is 6.04 Å². The van der Waals surface area contributed by atoms with Crippen molar-refractivity contribution in [2.45, 2.75) is 19.9 Å². The van der Waals surface area contributed by atoms with Crippen molar-refractivity contribution in [3.63, 3.8) is 0 Å². The van der Waals surface area contributed by atoms with E-state index in [1.165, 1.54) is 16.9 Å². The Morgan fingerprint density at radius 2 is 1.60 bits per heavy atom. The van der Waals surface area contributed by atoms with E-state index in [2.05, 4.69) is 4.74 Å². The lowest BCUT2D eigenvalue weighted by atomic mass is 10.0. The van der Waals surface area contributed by atoms with Gasteiger partial charge in [0.1, 0.15) is 6.04 Å². The third-order valence-electron chi connectivity index (χ3n) is 2.18. The molecule has 0 aromatic rings. The second kappa shape index (κ2) is 5.58. The number of carbonyl (C=O) groups excluding carboxylic acids is 2. The number of likely N-dealkylation sites (N-methyl/N-ethyl adjacent to an activating group) is 1. The van der Waals surface area contributed by atoms with Gasteiger partial charge in [-0.05, 0) is 5.92 Å². The molecule has 0 saturated heterocycles. The normalized spacial score (nSPS) is 12.2. The monoisotopic (exact) mass is 216 g/mol. The SMILES string of the molecule is COC(=O)[C@H](C(C)C)N(C)C(=O)N(C)C. The first-order valence-corrected chi connectivity index (χ1v) is 4.84. The number of ether oxygens (including phenoxy) is 1. The molecule has 0 aliphatic carbocycles. The van der Waals surface area contributed by atoms with Crippen molar-refractivity contribution in [1.82, 2.24) is 9.80 Å². The Morgan fingerprint density at radius 3 is 1.87 bits per heavy atom. The molecule has 5 heteroatoms. The van der Waals surface area contributed by atoms with Crippen LogP contribution in [0.5, 0.6) is 0 Å². The highest BCUT2D eigenvalue weighted by molar-refractivity contribution is 5.83. The Balaban J connectivity index is 4.78. The quantitative estimate of drug-likeness (QED) is 0.656. The van der Waals surface area contributed by atoms with Crippen molar-refractivity contribution in [3.8, 4) is 0 Å². The van der Waals surface area contributed by atoms with E-state index in [0.29, 0.717) is 0 Å². The zero-order valence-electron chi connectivity index (χ0n) is 10.3. The summed E-state index contributed by atoms with van der Waals surface area (Å²) in [5.74, 6) is -0.367. The van der Waals surface area contributed by atoms with Crippen LogP contribution in [0.4, 0.5) is 4.79 Å². The first kappa shape index (κ1) is 13.7. The summed E-state index contributed by atoms with van der Waals surface area (Å²) in [6.45, 7) is 3.75. The van der Waals surface area contributed by atoms with E-state index >= 15 is 0 Å². The summed E-state index contributed by atoms with van der Waals surface area (Å²) in [7, 11) is 6.22. The maximum absolute atomic E-state index is 11.7. The Bertz CT molecular complexity index is 239. The van der Waals surface area contributed by atoms with E-state index in [4.69, 9.17) is 0 Å². The molecule has 1 atom stereocenters. The summed E-state index contributed by atoms with van der Waals surface area (Å²) in [5, 5.41) is 0. The molecule has 0 saturated carbocycles. The Morgan fingerprint density at radius 1 is 1.13 bits per heavy atom. The van der Waals surface area contributed by atoms with Crippen LogP contribution in [0.15, 0.2) is 0 Å². The van der Waals surface area contributed by atoms with Crippen LogP contribution in [0, 0.1) is 5.92 Å². The van der Waals surface area contributed by atoms with E-state index in [-0.39, 0.29) is 17.9 Å². The fourth-order valence-electron chi connectivity index (χ4n) is 1.43. The number of methoxy groups -OCH3 is 1. The number of nitrogens with zero attached hydrogens (tertiary/aromatic N) is 2. The van der Waals surface area contributed by atoms with Gasteiger partial charge in [0.25, 0.3) is 0 Å². The molecular formula is C10H20N2O3. The van der Waals surface area contributed by atoms with Gasteiger partial charge in [-0.2, -0.15) is 0 Å². The van der Waals surface area contributed by atoms with Crippen LogP contribution in [0.3, 0.4) is 0 Å². The van der Waals surface area contributed by atoms with Gasteiger partial charge in [-0.1, -0.05) is 13.8 Å². The molecular weight excluding hydrogens is 196 g/mol. The van der Waals surface area contributed by atoms with Crippen LogP contribution >= 0.6 is 0 Å². The number of rotatable bonds is 3. The molecule has 0 rings (SSSR count). The van der Waals surface area contributed by atoms with Gasteiger partial charge in [-0.3, -0.25) is 0 Å². The highest BCUT2D eigenvalue weighted by atomic mass is 16.5. The fraction of sp³-hybridized carbons (Fsp3) is 0.800. The molecule has 0 radical (unpaired) electrons. The minimum absolute atomic E-state index is 0.0198. The summed E-state index contributed by atoms with van der Waals surface area (Å²) in [6.07, 6.45) is 0. The molecule has 0 unspecified atom stereocenters. The zero-order chi connectivity index (χ0) is 12.2. The van der Waals surface area contributed by atoms with Crippen molar-refractivity contribution in [2.75, 3.05) is 28.3 Å². The first-order chi connectivity index (χ1) is 6.82. The zero-order valence-corrected chi connectivity index (χ0v) is 10.3. The number of hydrogen-bond acceptors (Lipinski definition) is 3. The summed E-state index contributed by atoms with van der Waals surface area (Å²) in [4.78, 5) is 26.0. The summed E-state index contributed by atoms with van der Waals surface area (Å²) in [6, 6.07) is -0.746. The van der Waals surface area contributed by atoms with Crippen molar-refractivity contribution in [2.24, 2.45) is 5.92 Å².